The van der Waals surface area contributed by atoms with Gasteiger partial charge in [0, 0.05) is 18.0 Å². The van der Waals surface area contributed by atoms with E-state index in [1.165, 1.54) is 0 Å². The maximum atomic E-state index is 14.2. The number of hydrogen-bond donors (Lipinski definition) is 3. The van der Waals surface area contributed by atoms with Crippen LogP contribution in [0, 0.1) is 0 Å². The standard InChI is InChI=1S/C15H17F6N5O/c1-6(15(19,20)21)22-12-24-11(25-13(26-12)23-7-2-3-7)8-4-5-14(17,18)10(27)9(8)16/h6-7,10,27H,2-5H2,1H3,(H2,22,23,24,25,26)/t6?,10-/m0/s1. The molecule has 1 fully saturated rings. The van der Waals surface area contributed by atoms with Crippen molar-refractivity contribution in [2.75, 3.05) is 10.6 Å². The lowest BCUT2D eigenvalue weighted by atomic mass is 9.92. The summed E-state index contributed by atoms with van der Waals surface area (Å²) in [5.74, 6) is -6.09. The van der Waals surface area contributed by atoms with Crippen molar-refractivity contribution in [3.8, 4) is 0 Å². The number of aliphatic hydroxyl groups excluding tert-OH is 1. The summed E-state index contributed by atoms with van der Waals surface area (Å²) in [6.07, 6.45) is -6.92. The molecule has 0 amide bonds. The molecule has 2 atom stereocenters. The van der Waals surface area contributed by atoms with Crippen LogP contribution in [0.5, 0.6) is 0 Å². The summed E-state index contributed by atoms with van der Waals surface area (Å²) >= 11 is 0. The Hall–Kier alpha value is -2.11. The average molecular weight is 397 g/mol. The molecule has 0 radical (unpaired) electrons. The number of alkyl halides is 5. The molecule has 1 aromatic heterocycles. The predicted octanol–water partition coefficient (Wildman–Crippen LogP) is 3.28. The van der Waals surface area contributed by atoms with E-state index >= 15 is 0 Å². The Balaban J connectivity index is 1.96. The van der Waals surface area contributed by atoms with Crippen LogP contribution in [-0.4, -0.2) is 50.3 Å². The molecule has 0 aromatic carbocycles. The first-order chi connectivity index (χ1) is 12.5. The Bertz CT molecular complexity index is 749. The van der Waals surface area contributed by atoms with Crippen molar-refractivity contribution in [1.29, 1.82) is 0 Å². The lowest BCUT2D eigenvalue weighted by molar-refractivity contribution is -0.138. The quantitative estimate of drug-likeness (QED) is 0.662. The number of aromatic nitrogens is 3. The Morgan fingerprint density at radius 3 is 2.37 bits per heavy atom. The molecule has 0 aliphatic heterocycles. The molecule has 3 rings (SSSR count). The Labute approximate surface area is 150 Å². The molecule has 1 heterocycles. The van der Waals surface area contributed by atoms with Gasteiger partial charge in [-0.1, -0.05) is 0 Å². The van der Waals surface area contributed by atoms with E-state index in [-0.39, 0.29) is 17.6 Å². The molecule has 1 aromatic rings. The topological polar surface area (TPSA) is 83.0 Å². The summed E-state index contributed by atoms with van der Waals surface area (Å²) in [5.41, 5.74) is -0.377. The first kappa shape index (κ1) is 19.6. The van der Waals surface area contributed by atoms with E-state index in [0.717, 1.165) is 19.8 Å². The molecular weight excluding hydrogens is 380 g/mol. The molecule has 150 valence electrons. The van der Waals surface area contributed by atoms with Crippen molar-refractivity contribution in [2.45, 2.75) is 62.9 Å². The molecule has 1 unspecified atom stereocenters. The highest BCUT2D eigenvalue weighted by atomic mass is 19.4. The molecule has 0 bridgehead atoms. The second kappa shape index (κ2) is 6.80. The Morgan fingerprint density at radius 1 is 1.15 bits per heavy atom. The van der Waals surface area contributed by atoms with Crippen molar-refractivity contribution in [3.63, 3.8) is 0 Å². The molecule has 12 heteroatoms. The number of allylic oxidation sites excluding steroid dienone is 1. The lowest BCUT2D eigenvalue weighted by Crippen LogP contribution is -2.37. The van der Waals surface area contributed by atoms with Crippen molar-refractivity contribution in [3.05, 3.63) is 11.7 Å². The van der Waals surface area contributed by atoms with Gasteiger partial charge in [0.25, 0.3) is 5.92 Å². The van der Waals surface area contributed by atoms with Crippen LogP contribution in [0.2, 0.25) is 0 Å². The third kappa shape index (κ3) is 4.42. The highest BCUT2D eigenvalue weighted by Crippen LogP contribution is 2.41. The first-order valence-corrected chi connectivity index (χ1v) is 8.28. The minimum Gasteiger partial charge on any atom is -0.380 e. The van der Waals surface area contributed by atoms with Crippen molar-refractivity contribution in [1.82, 2.24) is 15.0 Å². The number of anilines is 2. The summed E-state index contributed by atoms with van der Waals surface area (Å²) in [7, 11) is 0. The smallest absolute Gasteiger partial charge is 0.380 e. The maximum Gasteiger partial charge on any atom is 0.408 e. The van der Waals surface area contributed by atoms with Gasteiger partial charge in [-0.05, 0) is 26.2 Å². The van der Waals surface area contributed by atoms with Crippen molar-refractivity contribution in [2.24, 2.45) is 0 Å². The second-order valence-corrected chi connectivity index (χ2v) is 6.62. The molecule has 27 heavy (non-hydrogen) atoms. The fourth-order valence-corrected chi connectivity index (χ4v) is 2.44. The van der Waals surface area contributed by atoms with E-state index in [4.69, 9.17) is 0 Å². The van der Waals surface area contributed by atoms with Gasteiger partial charge in [0.1, 0.15) is 11.9 Å². The van der Waals surface area contributed by atoms with Gasteiger partial charge >= 0.3 is 6.18 Å². The number of rotatable bonds is 5. The van der Waals surface area contributed by atoms with Crippen LogP contribution in [-0.2, 0) is 0 Å². The van der Waals surface area contributed by atoms with Gasteiger partial charge in [-0.25, -0.2) is 13.2 Å². The van der Waals surface area contributed by atoms with Crippen LogP contribution in [0.15, 0.2) is 5.83 Å². The van der Waals surface area contributed by atoms with Crippen LogP contribution in [0.3, 0.4) is 0 Å². The largest absolute Gasteiger partial charge is 0.408 e. The fourth-order valence-electron chi connectivity index (χ4n) is 2.44. The van der Waals surface area contributed by atoms with Gasteiger partial charge in [-0.15, -0.1) is 0 Å². The molecule has 6 nitrogen and oxygen atoms in total. The molecule has 2 aliphatic rings. The summed E-state index contributed by atoms with van der Waals surface area (Å²) < 4.78 is 79.5. The van der Waals surface area contributed by atoms with Gasteiger partial charge in [0.2, 0.25) is 11.9 Å². The number of nitrogens with one attached hydrogen (secondary N) is 2. The first-order valence-electron chi connectivity index (χ1n) is 8.28. The SMILES string of the molecule is CC(Nc1nc(NC2CC2)nc(C2=C(F)[C@H](O)C(F)(F)CC2)n1)C(F)(F)F. The highest BCUT2D eigenvalue weighted by molar-refractivity contribution is 5.66. The van der Waals surface area contributed by atoms with E-state index in [2.05, 4.69) is 25.6 Å². The molecule has 0 spiro atoms. The van der Waals surface area contributed by atoms with Gasteiger partial charge in [0.05, 0.1) is 0 Å². The number of aliphatic hydroxyl groups is 1. The second-order valence-electron chi connectivity index (χ2n) is 6.62. The third-order valence-corrected chi connectivity index (χ3v) is 4.29. The van der Waals surface area contributed by atoms with Crippen LogP contribution in [0.1, 0.15) is 38.4 Å². The van der Waals surface area contributed by atoms with E-state index in [1.807, 2.05) is 0 Å². The van der Waals surface area contributed by atoms with Crippen LogP contribution in [0.4, 0.5) is 38.2 Å². The normalized spacial score (nSPS) is 23.9. The number of hydrogen-bond acceptors (Lipinski definition) is 6. The highest BCUT2D eigenvalue weighted by Gasteiger charge is 2.46. The zero-order valence-corrected chi connectivity index (χ0v) is 14.1. The maximum absolute atomic E-state index is 14.2. The van der Waals surface area contributed by atoms with Crippen molar-refractivity contribution >= 4 is 17.5 Å². The summed E-state index contributed by atoms with van der Waals surface area (Å²) in [5, 5.41) is 14.4. The predicted molar refractivity (Wildman–Crippen MR) is 83.8 cm³/mol. The molecule has 2 aliphatic carbocycles. The van der Waals surface area contributed by atoms with Gasteiger partial charge in [0.15, 0.2) is 11.9 Å². The average Bonchev–Trinajstić information content (AvgIpc) is 3.35. The zero-order valence-electron chi connectivity index (χ0n) is 14.1. The summed E-state index contributed by atoms with van der Waals surface area (Å²) in [4.78, 5) is 11.5. The van der Waals surface area contributed by atoms with E-state index in [0.29, 0.717) is 0 Å². The molecule has 0 saturated heterocycles. The fraction of sp³-hybridized carbons (Fsp3) is 0.667. The Morgan fingerprint density at radius 2 is 1.78 bits per heavy atom. The van der Waals surface area contributed by atoms with Gasteiger partial charge in [-0.2, -0.15) is 28.1 Å². The minimum atomic E-state index is -4.58. The molecule has 1 saturated carbocycles. The summed E-state index contributed by atoms with van der Waals surface area (Å²) in [6, 6.07) is -1.96. The monoisotopic (exact) mass is 397 g/mol. The van der Waals surface area contributed by atoms with Gasteiger partial charge in [-0.3, -0.25) is 0 Å². The molecule has 3 N–H and O–H groups in total. The third-order valence-electron chi connectivity index (χ3n) is 4.29. The lowest BCUT2D eigenvalue weighted by Gasteiger charge is -2.27. The summed E-state index contributed by atoms with van der Waals surface area (Å²) in [6.45, 7) is 0.849. The van der Waals surface area contributed by atoms with E-state index in [1.54, 1.807) is 0 Å². The van der Waals surface area contributed by atoms with Crippen LogP contribution in [0.25, 0.3) is 5.57 Å². The van der Waals surface area contributed by atoms with E-state index < -0.39 is 54.7 Å². The zero-order chi connectivity index (χ0) is 20.0. The van der Waals surface area contributed by atoms with Gasteiger partial charge < -0.3 is 15.7 Å². The Kier molecular flexibility index (Phi) is 4.95. The van der Waals surface area contributed by atoms with Crippen LogP contribution < -0.4 is 10.6 Å². The number of nitrogens with zero attached hydrogens (tertiary/aromatic N) is 3. The van der Waals surface area contributed by atoms with Crippen LogP contribution >= 0.6 is 0 Å². The minimum absolute atomic E-state index is 0.0354. The van der Waals surface area contributed by atoms with E-state index in [9.17, 15) is 31.4 Å². The number of halogens is 6. The van der Waals surface area contributed by atoms with Crippen molar-refractivity contribution < 1.29 is 31.4 Å². The molecular formula is C15H17F6N5O.